The van der Waals surface area contributed by atoms with Crippen LogP contribution in [0.5, 0.6) is 0 Å². The van der Waals surface area contributed by atoms with Crippen molar-refractivity contribution in [1.29, 1.82) is 0 Å². The van der Waals surface area contributed by atoms with Gasteiger partial charge in [-0.05, 0) is 51.1 Å². The lowest BCUT2D eigenvalue weighted by Gasteiger charge is -2.23. The molecule has 0 aliphatic carbocycles. The largest absolute Gasteiger partial charge is 0.338 e. The average molecular weight is 319 g/mol. The lowest BCUT2D eigenvalue weighted by molar-refractivity contribution is -0.115. The number of nitrogens with zero attached hydrogens (tertiary/aromatic N) is 1. The summed E-state index contributed by atoms with van der Waals surface area (Å²) in [4.78, 5) is 27.3. The zero-order valence-corrected chi connectivity index (χ0v) is 13.7. The van der Waals surface area contributed by atoms with Crippen LogP contribution in [0.1, 0.15) is 23.7 Å². The number of fused-ring (bicyclic) bond motifs is 1. The standard InChI is InChI=1S/C16H21N3O2S/c1-10-15(20)18-13-7-12(3-4-14(13)22-10)16(21)19-6-5-11(9-19)8-17-2/h3-4,7,10-11,17H,5-6,8-9H2,1-2H3,(H,18,20)/t10-,11+/m1/s1. The Labute approximate surface area is 134 Å². The van der Waals surface area contributed by atoms with E-state index in [1.54, 1.807) is 6.07 Å². The molecule has 1 fully saturated rings. The van der Waals surface area contributed by atoms with Crippen LogP contribution in [0.2, 0.25) is 0 Å². The van der Waals surface area contributed by atoms with Crippen LogP contribution in [-0.2, 0) is 4.79 Å². The van der Waals surface area contributed by atoms with E-state index >= 15 is 0 Å². The van der Waals surface area contributed by atoms with Gasteiger partial charge in [-0.15, -0.1) is 11.8 Å². The summed E-state index contributed by atoms with van der Waals surface area (Å²) in [7, 11) is 1.94. The van der Waals surface area contributed by atoms with Crippen molar-refractivity contribution in [2.75, 3.05) is 32.0 Å². The van der Waals surface area contributed by atoms with Gasteiger partial charge in [-0.1, -0.05) is 0 Å². The third-order valence-corrected chi connectivity index (χ3v) is 5.40. The molecule has 2 heterocycles. The molecule has 2 aliphatic heterocycles. The van der Waals surface area contributed by atoms with E-state index in [0.717, 1.165) is 36.6 Å². The summed E-state index contributed by atoms with van der Waals surface area (Å²) >= 11 is 1.53. The highest BCUT2D eigenvalue weighted by atomic mass is 32.2. The zero-order chi connectivity index (χ0) is 15.7. The third-order valence-electron chi connectivity index (χ3n) is 4.22. The van der Waals surface area contributed by atoms with E-state index < -0.39 is 0 Å². The Bertz CT molecular complexity index is 605. The Balaban J connectivity index is 1.74. The molecule has 22 heavy (non-hydrogen) atoms. The number of benzene rings is 1. The molecule has 118 valence electrons. The molecule has 1 aromatic carbocycles. The number of hydrogen-bond donors (Lipinski definition) is 2. The number of carbonyl (C=O) groups is 2. The van der Waals surface area contributed by atoms with E-state index in [1.807, 2.05) is 31.0 Å². The van der Waals surface area contributed by atoms with Crippen LogP contribution < -0.4 is 10.6 Å². The average Bonchev–Trinajstić information content (AvgIpc) is 2.96. The van der Waals surface area contributed by atoms with Crippen molar-refractivity contribution in [1.82, 2.24) is 10.2 Å². The van der Waals surface area contributed by atoms with Crippen LogP contribution in [0.15, 0.2) is 23.1 Å². The van der Waals surface area contributed by atoms with Gasteiger partial charge < -0.3 is 15.5 Å². The predicted molar refractivity (Wildman–Crippen MR) is 88.3 cm³/mol. The van der Waals surface area contributed by atoms with Crippen LogP contribution in [0.3, 0.4) is 0 Å². The van der Waals surface area contributed by atoms with Gasteiger partial charge in [-0.25, -0.2) is 0 Å². The summed E-state index contributed by atoms with van der Waals surface area (Å²) in [5, 5.41) is 5.97. The number of amides is 2. The summed E-state index contributed by atoms with van der Waals surface area (Å²) in [6, 6.07) is 5.61. The lowest BCUT2D eigenvalue weighted by Crippen LogP contribution is -2.31. The van der Waals surface area contributed by atoms with Crippen LogP contribution in [0, 0.1) is 5.92 Å². The Hall–Kier alpha value is -1.53. The van der Waals surface area contributed by atoms with E-state index in [1.165, 1.54) is 11.8 Å². The fourth-order valence-corrected chi connectivity index (χ4v) is 3.93. The van der Waals surface area contributed by atoms with Gasteiger partial charge in [-0.2, -0.15) is 0 Å². The second-order valence-corrected chi connectivity index (χ2v) is 7.31. The number of likely N-dealkylation sites (tertiary alicyclic amines) is 1. The number of nitrogens with one attached hydrogen (secondary N) is 2. The zero-order valence-electron chi connectivity index (χ0n) is 12.9. The molecule has 6 heteroatoms. The van der Waals surface area contributed by atoms with Gasteiger partial charge in [-0.3, -0.25) is 9.59 Å². The fourth-order valence-electron chi connectivity index (χ4n) is 3.00. The Morgan fingerprint density at radius 2 is 2.32 bits per heavy atom. The number of hydrogen-bond acceptors (Lipinski definition) is 4. The van der Waals surface area contributed by atoms with E-state index in [-0.39, 0.29) is 17.1 Å². The Morgan fingerprint density at radius 3 is 3.09 bits per heavy atom. The monoisotopic (exact) mass is 319 g/mol. The third kappa shape index (κ3) is 2.98. The normalized spacial score (nSPS) is 24.1. The van der Waals surface area contributed by atoms with Crippen LogP contribution >= 0.6 is 11.8 Å². The van der Waals surface area contributed by atoms with Crippen molar-refractivity contribution in [3.63, 3.8) is 0 Å². The lowest BCUT2D eigenvalue weighted by atomic mass is 10.1. The molecule has 2 N–H and O–H groups in total. The summed E-state index contributed by atoms with van der Waals surface area (Å²) < 4.78 is 0. The minimum Gasteiger partial charge on any atom is -0.338 e. The summed E-state index contributed by atoms with van der Waals surface area (Å²) in [6.45, 7) is 4.43. The molecule has 0 unspecified atom stereocenters. The van der Waals surface area contributed by atoms with Gasteiger partial charge in [0.05, 0.1) is 10.9 Å². The second-order valence-electron chi connectivity index (χ2n) is 5.92. The van der Waals surface area contributed by atoms with Crippen LogP contribution in [0.25, 0.3) is 0 Å². The first-order chi connectivity index (χ1) is 10.6. The van der Waals surface area contributed by atoms with Crippen molar-refractivity contribution < 1.29 is 9.59 Å². The van der Waals surface area contributed by atoms with Gasteiger partial charge in [0, 0.05) is 23.5 Å². The molecule has 0 spiro atoms. The first-order valence-electron chi connectivity index (χ1n) is 7.64. The summed E-state index contributed by atoms with van der Waals surface area (Å²) in [6.07, 6.45) is 1.04. The Morgan fingerprint density at radius 1 is 1.50 bits per heavy atom. The molecule has 0 saturated carbocycles. The Kier molecular flexibility index (Phi) is 4.40. The van der Waals surface area contributed by atoms with Crippen molar-refractivity contribution in [3.05, 3.63) is 23.8 Å². The first-order valence-corrected chi connectivity index (χ1v) is 8.52. The topological polar surface area (TPSA) is 61.4 Å². The fraction of sp³-hybridized carbons (Fsp3) is 0.500. The minimum atomic E-state index is -0.0880. The molecule has 1 saturated heterocycles. The predicted octanol–water partition coefficient (Wildman–Crippen LogP) is 1.80. The van der Waals surface area contributed by atoms with Gasteiger partial charge in [0.1, 0.15) is 0 Å². The van der Waals surface area contributed by atoms with E-state index in [0.29, 0.717) is 11.5 Å². The molecular weight excluding hydrogens is 298 g/mol. The highest BCUT2D eigenvalue weighted by molar-refractivity contribution is 8.00. The number of anilines is 1. The number of carbonyl (C=O) groups excluding carboxylic acids is 2. The van der Waals surface area contributed by atoms with E-state index in [2.05, 4.69) is 10.6 Å². The van der Waals surface area contributed by atoms with Crippen molar-refractivity contribution >= 4 is 29.3 Å². The molecule has 3 rings (SSSR count). The highest BCUT2D eigenvalue weighted by Crippen LogP contribution is 2.36. The van der Waals surface area contributed by atoms with Crippen molar-refractivity contribution in [2.45, 2.75) is 23.5 Å². The molecule has 0 aromatic heterocycles. The first kappa shape index (κ1) is 15.4. The van der Waals surface area contributed by atoms with Crippen LogP contribution in [0.4, 0.5) is 5.69 Å². The maximum Gasteiger partial charge on any atom is 0.253 e. The maximum absolute atomic E-state index is 12.6. The van der Waals surface area contributed by atoms with Gasteiger partial charge in [0.25, 0.3) is 5.91 Å². The number of rotatable bonds is 3. The molecule has 5 nitrogen and oxygen atoms in total. The van der Waals surface area contributed by atoms with Crippen LogP contribution in [-0.4, -0.2) is 48.6 Å². The van der Waals surface area contributed by atoms with E-state index in [4.69, 9.17) is 0 Å². The van der Waals surface area contributed by atoms with Crippen molar-refractivity contribution in [3.8, 4) is 0 Å². The quantitative estimate of drug-likeness (QED) is 0.892. The maximum atomic E-state index is 12.6. The molecule has 2 amide bonds. The second kappa shape index (κ2) is 6.30. The SMILES string of the molecule is CNC[C@@H]1CCN(C(=O)c2ccc3c(c2)NC(=O)[C@@H](C)S3)C1. The molecule has 2 aliphatic rings. The van der Waals surface area contributed by atoms with Gasteiger partial charge in [0.2, 0.25) is 5.91 Å². The minimum absolute atomic E-state index is 0.00245. The van der Waals surface area contributed by atoms with Gasteiger partial charge in [0.15, 0.2) is 0 Å². The molecule has 0 radical (unpaired) electrons. The highest BCUT2D eigenvalue weighted by Gasteiger charge is 2.28. The van der Waals surface area contributed by atoms with Gasteiger partial charge >= 0.3 is 0 Å². The molecule has 0 bridgehead atoms. The smallest absolute Gasteiger partial charge is 0.253 e. The summed E-state index contributed by atoms with van der Waals surface area (Å²) in [5.74, 6) is 0.583. The molecular formula is C16H21N3O2S. The summed E-state index contributed by atoms with van der Waals surface area (Å²) in [5.41, 5.74) is 1.41. The van der Waals surface area contributed by atoms with E-state index in [9.17, 15) is 9.59 Å². The molecule has 1 aromatic rings. The van der Waals surface area contributed by atoms with Crippen molar-refractivity contribution in [2.24, 2.45) is 5.92 Å². The molecule has 2 atom stereocenters. The number of thioether (sulfide) groups is 1.